The Kier molecular flexibility index (Phi) is 5.30. The second-order valence-corrected chi connectivity index (χ2v) is 7.17. The number of hydrogen-bond donors (Lipinski definition) is 0. The van der Waals surface area contributed by atoms with Gasteiger partial charge in [-0.05, 0) is 30.0 Å². The molecule has 0 aliphatic carbocycles. The maximum absolute atomic E-state index is 12.4. The lowest BCUT2D eigenvalue weighted by atomic mass is 10.1. The number of fused-ring (bicyclic) bond motifs is 1. The lowest BCUT2D eigenvalue weighted by Crippen LogP contribution is -2.29. The van der Waals surface area contributed by atoms with Crippen molar-refractivity contribution >= 4 is 28.7 Å². The van der Waals surface area contributed by atoms with Gasteiger partial charge in [0.1, 0.15) is 12.4 Å². The van der Waals surface area contributed by atoms with Gasteiger partial charge in [-0.3, -0.25) is 0 Å². The van der Waals surface area contributed by atoms with Crippen LogP contribution in [-0.2, 0) is 23.8 Å². The maximum atomic E-state index is 12.4. The fourth-order valence-electron chi connectivity index (χ4n) is 3.65. The highest BCUT2D eigenvalue weighted by atomic mass is 35.5. The van der Waals surface area contributed by atoms with Crippen LogP contribution in [0.15, 0.2) is 54.6 Å². The highest BCUT2D eigenvalue weighted by molar-refractivity contribution is 6.16. The molecule has 27 heavy (non-hydrogen) atoms. The predicted octanol–water partition coefficient (Wildman–Crippen LogP) is 4.43. The molecule has 2 aromatic carbocycles. The molecule has 1 atom stereocenters. The number of likely N-dealkylation sites (tertiary alicyclic amines) is 1. The van der Waals surface area contributed by atoms with Crippen LogP contribution in [0, 0.1) is 5.92 Å². The molecule has 5 nitrogen and oxygen atoms in total. The number of ether oxygens (including phenoxy) is 1. The van der Waals surface area contributed by atoms with Crippen LogP contribution in [0.5, 0.6) is 0 Å². The van der Waals surface area contributed by atoms with Crippen molar-refractivity contribution in [2.45, 2.75) is 25.5 Å². The number of aromatic nitrogens is 2. The van der Waals surface area contributed by atoms with Gasteiger partial charge in [-0.15, -0.1) is 11.6 Å². The standard InChI is InChI=1S/C21H22ClN3O2/c22-12-20-23-18-8-4-5-9-19(18)25(20)14-17-10-11-24(13-17)21(26)27-15-16-6-2-1-3-7-16/h1-9,17H,10-15H2/t17-/m1/s1. The van der Waals surface area contributed by atoms with Gasteiger partial charge in [0.2, 0.25) is 0 Å². The fraction of sp³-hybridized carbons (Fsp3) is 0.333. The second-order valence-electron chi connectivity index (χ2n) is 6.90. The zero-order chi connectivity index (χ0) is 18.6. The van der Waals surface area contributed by atoms with Gasteiger partial charge in [0.15, 0.2) is 0 Å². The first-order valence-electron chi connectivity index (χ1n) is 9.20. The molecule has 0 saturated carbocycles. The van der Waals surface area contributed by atoms with Crippen LogP contribution in [0.1, 0.15) is 17.8 Å². The van der Waals surface area contributed by atoms with E-state index in [0.29, 0.717) is 24.9 Å². The predicted molar refractivity (Wildman–Crippen MR) is 106 cm³/mol. The quantitative estimate of drug-likeness (QED) is 0.612. The molecule has 2 heterocycles. The molecule has 0 spiro atoms. The molecule has 3 aromatic rings. The fourth-order valence-corrected chi connectivity index (χ4v) is 3.85. The number of nitrogens with zero attached hydrogens (tertiary/aromatic N) is 3. The Hall–Kier alpha value is -2.53. The molecule has 1 amide bonds. The van der Waals surface area contributed by atoms with Crippen molar-refractivity contribution in [3.05, 3.63) is 66.0 Å². The molecule has 1 saturated heterocycles. The molecule has 6 heteroatoms. The monoisotopic (exact) mass is 383 g/mol. The summed E-state index contributed by atoms with van der Waals surface area (Å²) in [4.78, 5) is 18.8. The lowest BCUT2D eigenvalue weighted by Gasteiger charge is -2.17. The van der Waals surface area contributed by atoms with Crippen LogP contribution >= 0.6 is 11.6 Å². The molecule has 1 fully saturated rings. The van der Waals surface area contributed by atoms with E-state index in [4.69, 9.17) is 16.3 Å². The molecular weight excluding hydrogens is 362 g/mol. The normalized spacial score (nSPS) is 16.8. The van der Waals surface area contributed by atoms with E-state index >= 15 is 0 Å². The summed E-state index contributed by atoms with van der Waals surface area (Å²) < 4.78 is 7.64. The summed E-state index contributed by atoms with van der Waals surface area (Å²) in [5.41, 5.74) is 3.06. The Morgan fingerprint density at radius 2 is 1.93 bits per heavy atom. The zero-order valence-corrected chi connectivity index (χ0v) is 15.8. The zero-order valence-electron chi connectivity index (χ0n) is 15.1. The average molecular weight is 384 g/mol. The van der Waals surface area contributed by atoms with Crippen molar-refractivity contribution in [2.75, 3.05) is 13.1 Å². The van der Waals surface area contributed by atoms with Crippen molar-refractivity contribution in [1.29, 1.82) is 0 Å². The number of hydrogen-bond acceptors (Lipinski definition) is 3. The molecule has 1 aliphatic rings. The van der Waals surface area contributed by atoms with Crippen molar-refractivity contribution in [3.63, 3.8) is 0 Å². The summed E-state index contributed by atoms with van der Waals surface area (Å²) in [6.07, 6.45) is 0.712. The first kappa shape index (κ1) is 17.9. The van der Waals surface area contributed by atoms with Gasteiger partial charge >= 0.3 is 6.09 Å². The van der Waals surface area contributed by atoms with Crippen molar-refractivity contribution in [3.8, 4) is 0 Å². The van der Waals surface area contributed by atoms with Crippen LogP contribution in [0.4, 0.5) is 4.79 Å². The van der Waals surface area contributed by atoms with Gasteiger partial charge in [-0.25, -0.2) is 9.78 Å². The largest absolute Gasteiger partial charge is 0.445 e. The number of carbonyl (C=O) groups is 1. The van der Waals surface area contributed by atoms with E-state index in [0.717, 1.165) is 41.9 Å². The highest BCUT2D eigenvalue weighted by Crippen LogP contribution is 2.24. The number of para-hydroxylation sites is 2. The summed E-state index contributed by atoms with van der Waals surface area (Å²) in [7, 11) is 0. The Labute approximate surface area is 163 Å². The average Bonchev–Trinajstić information content (AvgIpc) is 3.32. The molecule has 140 valence electrons. The number of rotatable bonds is 5. The van der Waals surface area contributed by atoms with Gasteiger partial charge in [0.05, 0.1) is 16.9 Å². The second kappa shape index (κ2) is 8.01. The number of benzene rings is 2. The minimum Gasteiger partial charge on any atom is -0.445 e. The van der Waals surface area contributed by atoms with E-state index in [1.165, 1.54) is 0 Å². The van der Waals surface area contributed by atoms with E-state index in [9.17, 15) is 4.79 Å². The van der Waals surface area contributed by atoms with Crippen LogP contribution in [0.2, 0.25) is 0 Å². The molecule has 0 unspecified atom stereocenters. The summed E-state index contributed by atoms with van der Waals surface area (Å²) in [5, 5.41) is 0. The Morgan fingerprint density at radius 3 is 2.74 bits per heavy atom. The summed E-state index contributed by atoms with van der Waals surface area (Å²) in [5.74, 6) is 1.63. The van der Waals surface area contributed by atoms with Crippen LogP contribution in [0.3, 0.4) is 0 Å². The van der Waals surface area contributed by atoms with E-state index < -0.39 is 0 Å². The van der Waals surface area contributed by atoms with E-state index in [2.05, 4.69) is 15.6 Å². The Balaban J connectivity index is 1.38. The molecule has 0 radical (unpaired) electrons. The minimum atomic E-state index is -0.241. The summed E-state index contributed by atoms with van der Waals surface area (Å²) >= 11 is 6.10. The van der Waals surface area contributed by atoms with Gasteiger partial charge < -0.3 is 14.2 Å². The third-order valence-corrected chi connectivity index (χ3v) is 5.28. The van der Waals surface area contributed by atoms with Crippen LogP contribution in [0.25, 0.3) is 11.0 Å². The van der Waals surface area contributed by atoms with E-state index in [1.54, 1.807) is 4.90 Å². The summed E-state index contributed by atoms with van der Waals surface area (Å²) in [6, 6.07) is 17.8. The van der Waals surface area contributed by atoms with Crippen LogP contribution in [-0.4, -0.2) is 33.6 Å². The first-order valence-corrected chi connectivity index (χ1v) is 9.74. The molecule has 0 N–H and O–H groups in total. The first-order chi connectivity index (χ1) is 13.2. The van der Waals surface area contributed by atoms with Crippen molar-refractivity contribution in [2.24, 2.45) is 5.92 Å². The Morgan fingerprint density at radius 1 is 1.15 bits per heavy atom. The lowest BCUT2D eigenvalue weighted by molar-refractivity contribution is 0.103. The van der Waals surface area contributed by atoms with Crippen LogP contribution < -0.4 is 0 Å². The number of amides is 1. The number of imidazole rings is 1. The van der Waals surface area contributed by atoms with Crippen molar-refractivity contribution in [1.82, 2.24) is 14.5 Å². The van der Waals surface area contributed by atoms with E-state index in [-0.39, 0.29) is 6.09 Å². The third kappa shape index (κ3) is 3.93. The number of carbonyl (C=O) groups excluding carboxylic acids is 1. The van der Waals surface area contributed by atoms with Crippen molar-refractivity contribution < 1.29 is 9.53 Å². The molecular formula is C21H22ClN3O2. The topological polar surface area (TPSA) is 47.4 Å². The van der Waals surface area contributed by atoms with Gasteiger partial charge in [0.25, 0.3) is 0 Å². The smallest absolute Gasteiger partial charge is 0.410 e. The summed E-state index contributed by atoms with van der Waals surface area (Å²) in [6.45, 7) is 2.54. The molecule has 1 aromatic heterocycles. The number of alkyl halides is 1. The highest BCUT2D eigenvalue weighted by Gasteiger charge is 2.28. The minimum absolute atomic E-state index is 0.241. The third-order valence-electron chi connectivity index (χ3n) is 5.04. The van der Waals surface area contributed by atoms with E-state index in [1.807, 2.05) is 48.5 Å². The van der Waals surface area contributed by atoms with Gasteiger partial charge in [-0.2, -0.15) is 0 Å². The maximum Gasteiger partial charge on any atom is 0.410 e. The molecule has 1 aliphatic heterocycles. The molecule has 4 rings (SSSR count). The van der Waals surface area contributed by atoms with Gasteiger partial charge in [-0.1, -0.05) is 42.5 Å². The SMILES string of the molecule is O=C(OCc1ccccc1)N1CC[C@@H](Cn2c(CCl)nc3ccccc32)C1. The number of halogens is 1. The Bertz CT molecular complexity index is 926. The van der Waals surface area contributed by atoms with Gasteiger partial charge in [0, 0.05) is 19.6 Å². The molecule has 0 bridgehead atoms.